The van der Waals surface area contributed by atoms with Crippen LogP contribution in [0.1, 0.15) is 0 Å². The second-order valence-corrected chi connectivity index (χ2v) is 5.50. The third kappa shape index (κ3) is 1.97. The average Bonchev–Trinajstić information content (AvgIpc) is 3.03. The molecule has 0 unspecified atom stereocenters. The highest BCUT2D eigenvalue weighted by Crippen LogP contribution is 2.29. The van der Waals surface area contributed by atoms with Crippen molar-refractivity contribution in [3.8, 4) is 11.1 Å². The van der Waals surface area contributed by atoms with Crippen molar-refractivity contribution in [1.82, 2.24) is 24.4 Å². The number of aliphatic hydroxyl groups is 1. The van der Waals surface area contributed by atoms with Gasteiger partial charge in [0.15, 0.2) is 5.82 Å². The molecule has 0 atom stereocenters. The number of nitrogens with zero attached hydrogens (tertiary/aromatic N) is 6. The Morgan fingerprint density at radius 2 is 2.10 bits per heavy atom. The predicted molar refractivity (Wildman–Crippen MR) is 78.0 cm³/mol. The molecule has 7 heteroatoms. The van der Waals surface area contributed by atoms with Crippen LogP contribution in [0, 0.1) is 5.92 Å². The van der Waals surface area contributed by atoms with Gasteiger partial charge in [-0.05, 0) is 6.07 Å². The molecule has 0 aromatic carbocycles. The zero-order chi connectivity index (χ0) is 14.4. The van der Waals surface area contributed by atoms with E-state index in [1.807, 2.05) is 30.2 Å². The molecule has 0 radical (unpaired) electrons. The summed E-state index contributed by atoms with van der Waals surface area (Å²) in [5.74, 6) is 1.28. The normalized spacial score (nSPS) is 15.6. The maximum absolute atomic E-state index is 9.15. The number of anilines is 1. The number of aliphatic hydroxyl groups excluding tert-OH is 1. The quantitative estimate of drug-likeness (QED) is 0.761. The van der Waals surface area contributed by atoms with Gasteiger partial charge in [-0.1, -0.05) is 0 Å². The van der Waals surface area contributed by atoms with Gasteiger partial charge in [-0.15, -0.1) is 0 Å². The second-order valence-electron chi connectivity index (χ2n) is 5.50. The molecule has 1 fully saturated rings. The molecule has 0 amide bonds. The molecule has 4 heterocycles. The highest BCUT2D eigenvalue weighted by Gasteiger charge is 2.28. The predicted octanol–water partition coefficient (Wildman–Crippen LogP) is 0.558. The van der Waals surface area contributed by atoms with E-state index < -0.39 is 0 Å². The first kappa shape index (κ1) is 12.3. The van der Waals surface area contributed by atoms with E-state index >= 15 is 0 Å². The van der Waals surface area contributed by atoms with E-state index in [9.17, 15) is 0 Å². The van der Waals surface area contributed by atoms with Crippen LogP contribution in [-0.2, 0) is 7.05 Å². The molecule has 0 bridgehead atoms. The minimum Gasteiger partial charge on any atom is -0.396 e. The maximum Gasteiger partial charge on any atom is 0.156 e. The molecule has 3 aromatic rings. The van der Waals surface area contributed by atoms with Gasteiger partial charge >= 0.3 is 0 Å². The van der Waals surface area contributed by atoms with E-state index in [0.29, 0.717) is 5.92 Å². The van der Waals surface area contributed by atoms with Gasteiger partial charge in [-0.25, -0.2) is 9.50 Å². The van der Waals surface area contributed by atoms with Crippen molar-refractivity contribution in [2.24, 2.45) is 13.0 Å². The summed E-state index contributed by atoms with van der Waals surface area (Å²) in [6.45, 7) is 1.92. The number of aryl methyl sites for hydroxylation is 1. The third-order valence-electron chi connectivity index (χ3n) is 3.94. The number of hydrogen-bond donors (Lipinski definition) is 1. The van der Waals surface area contributed by atoms with Gasteiger partial charge in [0.25, 0.3) is 0 Å². The Labute approximate surface area is 121 Å². The first-order valence-electron chi connectivity index (χ1n) is 6.93. The molecule has 1 aliphatic heterocycles. The van der Waals surface area contributed by atoms with Crippen LogP contribution in [0.15, 0.2) is 31.0 Å². The smallest absolute Gasteiger partial charge is 0.156 e. The molecule has 1 saturated heterocycles. The van der Waals surface area contributed by atoms with Crippen molar-refractivity contribution in [2.75, 3.05) is 24.6 Å². The van der Waals surface area contributed by atoms with Gasteiger partial charge in [0.2, 0.25) is 0 Å². The van der Waals surface area contributed by atoms with Crippen LogP contribution in [0.3, 0.4) is 0 Å². The minimum atomic E-state index is 0.236. The molecule has 0 spiro atoms. The fourth-order valence-corrected chi connectivity index (χ4v) is 2.75. The highest BCUT2D eigenvalue weighted by atomic mass is 16.3. The van der Waals surface area contributed by atoms with Crippen molar-refractivity contribution < 1.29 is 5.11 Å². The van der Waals surface area contributed by atoms with Crippen LogP contribution >= 0.6 is 0 Å². The van der Waals surface area contributed by atoms with E-state index in [-0.39, 0.29) is 6.61 Å². The van der Waals surface area contributed by atoms with Gasteiger partial charge in [-0.2, -0.15) is 10.2 Å². The van der Waals surface area contributed by atoms with Crippen LogP contribution < -0.4 is 4.90 Å². The molecule has 0 aliphatic carbocycles. The molecule has 1 aliphatic rings. The van der Waals surface area contributed by atoms with E-state index in [0.717, 1.165) is 35.6 Å². The Hall–Kier alpha value is -2.41. The van der Waals surface area contributed by atoms with Gasteiger partial charge < -0.3 is 10.0 Å². The molecule has 108 valence electrons. The zero-order valence-electron chi connectivity index (χ0n) is 11.7. The second kappa shape index (κ2) is 4.56. The van der Waals surface area contributed by atoms with Gasteiger partial charge in [0, 0.05) is 56.2 Å². The summed E-state index contributed by atoms with van der Waals surface area (Å²) in [6, 6.07) is 2.08. The molecule has 0 saturated carbocycles. The van der Waals surface area contributed by atoms with Gasteiger partial charge in [0.05, 0.1) is 6.20 Å². The largest absolute Gasteiger partial charge is 0.396 e. The fourth-order valence-electron chi connectivity index (χ4n) is 2.75. The van der Waals surface area contributed by atoms with Crippen LogP contribution in [-0.4, -0.2) is 49.2 Å². The summed E-state index contributed by atoms with van der Waals surface area (Å²) in [5.41, 5.74) is 3.11. The number of rotatable bonds is 3. The topological polar surface area (TPSA) is 71.5 Å². The Kier molecular flexibility index (Phi) is 2.68. The van der Waals surface area contributed by atoms with Crippen LogP contribution in [0.25, 0.3) is 16.6 Å². The lowest BCUT2D eigenvalue weighted by atomic mass is 10.0. The summed E-state index contributed by atoms with van der Waals surface area (Å²) >= 11 is 0. The number of hydrogen-bond acceptors (Lipinski definition) is 5. The van der Waals surface area contributed by atoms with Crippen LogP contribution in [0.5, 0.6) is 0 Å². The van der Waals surface area contributed by atoms with Crippen LogP contribution in [0.2, 0.25) is 0 Å². The minimum absolute atomic E-state index is 0.236. The van der Waals surface area contributed by atoms with E-state index in [2.05, 4.69) is 26.1 Å². The Morgan fingerprint density at radius 3 is 2.81 bits per heavy atom. The highest BCUT2D eigenvalue weighted by molar-refractivity contribution is 5.77. The van der Waals surface area contributed by atoms with Crippen LogP contribution in [0.4, 0.5) is 5.82 Å². The summed E-state index contributed by atoms with van der Waals surface area (Å²) in [5, 5.41) is 17.6. The molecular weight excluding hydrogens is 268 g/mol. The van der Waals surface area contributed by atoms with E-state index in [1.54, 1.807) is 11.0 Å². The van der Waals surface area contributed by atoms with Crippen molar-refractivity contribution in [3.05, 3.63) is 31.0 Å². The van der Waals surface area contributed by atoms with Crippen molar-refractivity contribution >= 4 is 11.3 Å². The molecular formula is C14H16N6O. The molecule has 4 rings (SSSR count). The van der Waals surface area contributed by atoms with Gasteiger partial charge in [0.1, 0.15) is 11.8 Å². The van der Waals surface area contributed by atoms with Crippen molar-refractivity contribution in [3.63, 3.8) is 0 Å². The SMILES string of the molecule is Cn1cc(-c2cc3c(N4CC(CO)C4)ncnn3c2)cn1. The first-order chi connectivity index (χ1) is 10.2. The van der Waals surface area contributed by atoms with Crippen molar-refractivity contribution in [1.29, 1.82) is 0 Å². The molecule has 3 aromatic heterocycles. The lowest BCUT2D eigenvalue weighted by Gasteiger charge is -2.39. The Balaban J connectivity index is 1.74. The Bertz CT molecular complexity index is 786. The first-order valence-corrected chi connectivity index (χ1v) is 6.93. The summed E-state index contributed by atoms with van der Waals surface area (Å²) in [7, 11) is 1.90. The number of fused-ring (bicyclic) bond motifs is 1. The molecule has 21 heavy (non-hydrogen) atoms. The molecule has 1 N–H and O–H groups in total. The fraction of sp³-hybridized carbons (Fsp3) is 0.357. The Morgan fingerprint density at radius 1 is 1.24 bits per heavy atom. The summed E-state index contributed by atoms with van der Waals surface area (Å²) < 4.78 is 3.63. The average molecular weight is 284 g/mol. The standard InChI is InChI=1S/C14H16N6O/c1-18-6-12(3-16-18)11-2-13-14(15-9-17-20(13)7-11)19-4-10(5-19)8-21/h2-3,6-7,9-10,21H,4-5,8H2,1H3. The van der Waals surface area contributed by atoms with E-state index in [1.165, 1.54) is 0 Å². The number of aromatic nitrogens is 5. The lowest BCUT2D eigenvalue weighted by molar-refractivity contribution is 0.200. The monoisotopic (exact) mass is 284 g/mol. The van der Waals surface area contributed by atoms with Crippen molar-refractivity contribution in [2.45, 2.75) is 0 Å². The lowest BCUT2D eigenvalue weighted by Crippen LogP contribution is -2.49. The van der Waals surface area contributed by atoms with E-state index in [4.69, 9.17) is 5.11 Å². The zero-order valence-corrected chi connectivity index (χ0v) is 11.7. The summed E-state index contributed by atoms with van der Waals surface area (Å²) in [4.78, 5) is 6.57. The maximum atomic E-state index is 9.15. The summed E-state index contributed by atoms with van der Waals surface area (Å²) in [6.07, 6.45) is 7.38. The van der Waals surface area contributed by atoms with Gasteiger partial charge in [-0.3, -0.25) is 4.68 Å². The third-order valence-corrected chi connectivity index (χ3v) is 3.94. The molecule has 7 nitrogen and oxygen atoms in total.